The number of methoxy groups -OCH3 is 1. The zero-order valence-corrected chi connectivity index (χ0v) is 28.3. The highest BCUT2D eigenvalue weighted by Gasteiger charge is 2.32. The van der Waals surface area contributed by atoms with Crippen molar-refractivity contribution in [3.8, 4) is 39.5 Å². The summed E-state index contributed by atoms with van der Waals surface area (Å²) in [7, 11) is 3.54. The SMILES string of the molecule is C=CC(=O)N1CCn2nc(-c3nc(-c4cnc5c(c4)C(C)N(C)CC5)c4c(F)cccc4c3-c3c(F)cc(F)cc3OCCOC)cc2C1C. The molecule has 2 aromatic carbocycles. The van der Waals surface area contributed by atoms with Crippen LogP contribution in [0.2, 0.25) is 0 Å². The van der Waals surface area contributed by atoms with E-state index in [0.717, 1.165) is 42.0 Å². The van der Waals surface area contributed by atoms with Gasteiger partial charge in [-0.3, -0.25) is 19.4 Å². The topological polar surface area (TPSA) is 85.6 Å². The Labute approximate surface area is 288 Å². The van der Waals surface area contributed by atoms with Crippen LogP contribution in [-0.4, -0.2) is 75.9 Å². The minimum atomic E-state index is -0.911. The smallest absolute Gasteiger partial charge is 0.246 e. The Morgan fingerprint density at radius 1 is 1.00 bits per heavy atom. The molecule has 2 unspecified atom stereocenters. The number of halogens is 3. The lowest BCUT2D eigenvalue weighted by Crippen LogP contribution is -2.40. The molecule has 5 aromatic rings. The predicted octanol–water partition coefficient (Wildman–Crippen LogP) is 6.91. The van der Waals surface area contributed by atoms with Gasteiger partial charge in [-0.1, -0.05) is 18.7 Å². The van der Waals surface area contributed by atoms with Crippen LogP contribution >= 0.6 is 0 Å². The van der Waals surface area contributed by atoms with Crippen LogP contribution in [0, 0.1) is 17.5 Å². The van der Waals surface area contributed by atoms with E-state index in [0.29, 0.717) is 35.4 Å². The van der Waals surface area contributed by atoms with E-state index >= 15 is 8.78 Å². The Hall–Kier alpha value is -5.07. The molecular formula is C38H37F3N6O3. The Bertz CT molecular complexity index is 2150. The third kappa shape index (κ3) is 5.71. The Balaban J connectivity index is 1.54. The summed E-state index contributed by atoms with van der Waals surface area (Å²) in [5.74, 6) is -2.61. The summed E-state index contributed by atoms with van der Waals surface area (Å²) in [5.41, 5.74) is 4.32. The van der Waals surface area contributed by atoms with Gasteiger partial charge in [0.2, 0.25) is 5.91 Å². The number of aromatic nitrogens is 4. The van der Waals surface area contributed by atoms with Gasteiger partial charge in [-0.05, 0) is 56.1 Å². The first-order valence-electron chi connectivity index (χ1n) is 16.5. The number of hydrogen-bond donors (Lipinski definition) is 0. The maximum atomic E-state index is 16.2. The Morgan fingerprint density at radius 3 is 2.60 bits per heavy atom. The minimum absolute atomic E-state index is 0.0103. The van der Waals surface area contributed by atoms with Gasteiger partial charge in [0.25, 0.3) is 0 Å². The van der Waals surface area contributed by atoms with E-state index < -0.39 is 17.5 Å². The molecule has 0 radical (unpaired) electrons. The fraction of sp³-hybridized carbons (Fsp3) is 0.316. The molecule has 7 rings (SSSR count). The van der Waals surface area contributed by atoms with Crippen molar-refractivity contribution in [3.63, 3.8) is 0 Å². The summed E-state index contributed by atoms with van der Waals surface area (Å²) in [4.78, 5) is 26.5. The van der Waals surface area contributed by atoms with Gasteiger partial charge in [0.05, 0.1) is 41.8 Å². The lowest BCUT2D eigenvalue weighted by Gasteiger charge is -2.33. The number of nitrogens with zero attached hydrogens (tertiary/aromatic N) is 6. The number of amides is 1. The summed E-state index contributed by atoms with van der Waals surface area (Å²) >= 11 is 0. The second-order valence-corrected chi connectivity index (χ2v) is 12.7. The first-order chi connectivity index (χ1) is 24.1. The Morgan fingerprint density at radius 2 is 1.82 bits per heavy atom. The summed E-state index contributed by atoms with van der Waals surface area (Å²) in [6.45, 7) is 9.49. The third-order valence-corrected chi connectivity index (χ3v) is 9.84. The number of fused-ring (bicyclic) bond motifs is 3. The zero-order chi connectivity index (χ0) is 35.3. The standard InChI is InChI=1S/C38H37F3N6O3/c1-6-33(48)46-12-13-47-31(22(46)3)19-30(44-47)38-35(36-28(41)17-24(39)18-32(36)50-15-14-49-5)25-8-7-9-27(40)34(25)37(43-38)23-16-26-21(2)45(4)11-10-29(26)42-20-23/h6-9,16-22H,1,10-15H2,2-5H3. The number of hydrogen-bond acceptors (Lipinski definition) is 7. The molecule has 0 saturated carbocycles. The zero-order valence-electron chi connectivity index (χ0n) is 28.3. The summed E-state index contributed by atoms with van der Waals surface area (Å²) in [6, 6.07) is 9.96. The number of carbonyl (C=O) groups is 1. The maximum Gasteiger partial charge on any atom is 0.246 e. The highest BCUT2D eigenvalue weighted by molar-refractivity contribution is 6.09. The first kappa shape index (κ1) is 33.4. The molecule has 0 fully saturated rings. The van der Waals surface area contributed by atoms with Crippen LogP contribution in [0.25, 0.3) is 44.5 Å². The van der Waals surface area contributed by atoms with Crippen molar-refractivity contribution in [2.75, 3.05) is 40.5 Å². The van der Waals surface area contributed by atoms with Crippen LogP contribution in [0.4, 0.5) is 13.2 Å². The molecule has 0 saturated heterocycles. The Kier molecular flexibility index (Phi) is 8.91. The lowest BCUT2D eigenvalue weighted by atomic mass is 9.90. The molecule has 3 aromatic heterocycles. The molecular weight excluding hydrogens is 645 g/mol. The van der Waals surface area contributed by atoms with E-state index in [1.165, 1.54) is 19.3 Å². The molecule has 2 atom stereocenters. The van der Waals surface area contributed by atoms with Gasteiger partial charge in [-0.15, -0.1) is 0 Å². The molecule has 0 aliphatic carbocycles. The van der Waals surface area contributed by atoms with E-state index in [9.17, 15) is 9.18 Å². The number of pyridine rings is 2. The summed E-state index contributed by atoms with van der Waals surface area (Å²) in [6.07, 6.45) is 3.76. The minimum Gasteiger partial charge on any atom is -0.490 e. The average molecular weight is 683 g/mol. The highest BCUT2D eigenvalue weighted by Crippen LogP contribution is 2.46. The number of likely N-dealkylation sites (N-methyl/N-ethyl adjacent to an activating group) is 1. The maximum absolute atomic E-state index is 16.2. The number of rotatable bonds is 8. The van der Waals surface area contributed by atoms with Crippen LogP contribution < -0.4 is 4.74 Å². The molecule has 5 heterocycles. The second kappa shape index (κ2) is 13.3. The van der Waals surface area contributed by atoms with Gasteiger partial charge in [-0.25, -0.2) is 18.2 Å². The average Bonchev–Trinajstić information content (AvgIpc) is 3.55. The largest absolute Gasteiger partial charge is 0.490 e. The van der Waals surface area contributed by atoms with Gasteiger partial charge < -0.3 is 14.4 Å². The van der Waals surface area contributed by atoms with Crippen molar-refractivity contribution in [2.24, 2.45) is 0 Å². The molecule has 0 spiro atoms. The summed E-state index contributed by atoms with van der Waals surface area (Å²) in [5, 5.41) is 5.38. The van der Waals surface area contributed by atoms with Gasteiger partial charge in [-0.2, -0.15) is 5.10 Å². The van der Waals surface area contributed by atoms with Crippen LogP contribution in [-0.2, 0) is 22.5 Å². The van der Waals surface area contributed by atoms with Gasteiger partial charge in [0.15, 0.2) is 0 Å². The van der Waals surface area contributed by atoms with Crippen molar-refractivity contribution in [3.05, 3.63) is 95.7 Å². The lowest BCUT2D eigenvalue weighted by molar-refractivity contribution is -0.129. The fourth-order valence-corrected chi connectivity index (χ4v) is 7.07. The first-order valence-corrected chi connectivity index (χ1v) is 16.5. The molecule has 9 nitrogen and oxygen atoms in total. The number of benzene rings is 2. The highest BCUT2D eigenvalue weighted by atomic mass is 19.1. The van der Waals surface area contributed by atoms with Crippen LogP contribution in [0.1, 0.15) is 42.9 Å². The molecule has 12 heteroatoms. The molecule has 0 N–H and O–H groups in total. The van der Waals surface area contributed by atoms with E-state index in [-0.39, 0.29) is 59.2 Å². The molecule has 258 valence electrons. The van der Waals surface area contributed by atoms with E-state index in [1.807, 2.05) is 19.1 Å². The number of carbonyl (C=O) groups excluding carboxylic acids is 1. The van der Waals surface area contributed by atoms with Gasteiger partial charge in [0.1, 0.15) is 35.5 Å². The van der Waals surface area contributed by atoms with Crippen LogP contribution in [0.5, 0.6) is 5.75 Å². The molecule has 2 aliphatic rings. The monoisotopic (exact) mass is 682 g/mol. The molecule has 50 heavy (non-hydrogen) atoms. The quantitative estimate of drug-likeness (QED) is 0.130. The molecule has 0 bridgehead atoms. The summed E-state index contributed by atoms with van der Waals surface area (Å²) < 4.78 is 60.0. The molecule has 2 aliphatic heterocycles. The normalized spacial score (nSPS) is 17.5. The third-order valence-electron chi connectivity index (χ3n) is 9.84. The van der Waals surface area contributed by atoms with E-state index in [4.69, 9.17) is 24.5 Å². The van der Waals surface area contributed by atoms with Crippen molar-refractivity contribution < 1.29 is 27.4 Å². The van der Waals surface area contributed by atoms with Crippen molar-refractivity contribution in [1.82, 2.24) is 29.5 Å². The van der Waals surface area contributed by atoms with Crippen LogP contribution in [0.3, 0.4) is 0 Å². The predicted molar refractivity (Wildman–Crippen MR) is 184 cm³/mol. The van der Waals surface area contributed by atoms with Crippen LogP contribution in [0.15, 0.2) is 61.3 Å². The number of ether oxygens (including phenoxy) is 2. The van der Waals surface area contributed by atoms with Gasteiger partial charge in [0, 0.05) is 73.2 Å². The van der Waals surface area contributed by atoms with E-state index in [1.54, 1.807) is 27.9 Å². The fourth-order valence-electron chi connectivity index (χ4n) is 7.07. The van der Waals surface area contributed by atoms with Crippen molar-refractivity contribution in [2.45, 2.75) is 38.9 Å². The van der Waals surface area contributed by atoms with E-state index in [2.05, 4.69) is 25.5 Å². The molecule has 1 amide bonds. The van der Waals surface area contributed by atoms with Crippen molar-refractivity contribution >= 4 is 16.7 Å². The second-order valence-electron chi connectivity index (χ2n) is 12.7. The van der Waals surface area contributed by atoms with Gasteiger partial charge >= 0.3 is 0 Å². The van der Waals surface area contributed by atoms with Crippen molar-refractivity contribution in [1.29, 1.82) is 0 Å².